The third kappa shape index (κ3) is 7.85. The molecule has 1 atom stereocenters. The zero-order chi connectivity index (χ0) is 31.9. The number of nitrogens with zero attached hydrogens (tertiary/aromatic N) is 3. The van der Waals surface area contributed by atoms with Crippen molar-refractivity contribution in [2.24, 2.45) is 0 Å². The number of benzene rings is 2. The van der Waals surface area contributed by atoms with Gasteiger partial charge in [-0.15, -0.1) is 0 Å². The van der Waals surface area contributed by atoms with Gasteiger partial charge in [-0.2, -0.15) is 0 Å². The van der Waals surface area contributed by atoms with Gasteiger partial charge >= 0.3 is 6.09 Å². The van der Waals surface area contributed by atoms with Gasteiger partial charge in [-0.3, -0.25) is 30.7 Å². The second-order valence-electron chi connectivity index (χ2n) is 10.2. The number of anilines is 1. The summed E-state index contributed by atoms with van der Waals surface area (Å²) in [7, 11) is -3.45. The van der Waals surface area contributed by atoms with Gasteiger partial charge in [0.05, 0.1) is 22.0 Å². The fourth-order valence-corrected chi connectivity index (χ4v) is 5.63. The van der Waals surface area contributed by atoms with Crippen molar-refractivity contribution in [3.63, 3.8) is 0 Å². The quantitative estimate of drug-likeness (QED) is 0.220. The van der Waals surface area contributed by atoms with E-state index in [1.54, 1.807) is 26.0 Å². The van der Waals surface area contributed by atoms with Crippen molar-refractivity contribution in [2.75, 3.05) is 12.3 Å². The normalized spacial score (nSPS) is 14.9. The molecule has 0 radical (unpaired) electrons. The van der Waals surface area contributed by atoms with Crippen LogP contribution in [0.5, 0.6) is 0 Å². The molecule has 0 aliphatic carbocycles. The average Bonchev–Trinajstić information content (AvgIpc) is 3.03. The summed E-state index contributed by atoms with van der Waals surface area (Å²) in [4.78, 5) is 48.5. The molecule has 0 bridgehead atoms. The summed E-state index contributed by atoms with van der Waals surface area (Å²) < 4.78 is 30.2. The van der Waals surface area contributed by atoms with Crippen LogP contribution in [0.25, 0.3) is 11.3 Å². The number of hydrogen-bond donors (Lipinski definition) is 4. The monoisotopic (exact) mass is 639 g/mol. The lowest BCUT2D eigenvalue weighted by atomic mass is 10.0. The minimum absolute atomic E-state index is 0.0785. The maximum absolute atomic E-state index is 13.0. The number of aromatic nitrogens is 2. The molecule has 44 heavy (non-hydrogen) atoms. The Hall–Kier alpha value is -4.63. The molecule has 1 saturated heterocycles. The van der Waals surface area contributed by atoms with Crippen LogP contribution < -0.4 is 21.9 Å². The molecular formula is C29H33N7O6S2. The minimum atomic E-state index is -3.45. The summed E-state index contributed by atoms with van der Waals surface area (Å²) in [5.74, 6) is -1.47. The second-order valence-corrected chi connectivity index (χ2v) is 13.2. The molecule has 15 heteroatoms. The van der Waals surface area contributed by atoms with E-state index >= 15 is 0 Å². The highest BCUT2D eigenvalue weighted by Gasteiger charge is 2.33. The van der Waals surface area contributed by atoms with E-state index < -0.39 is 39.0 Å². The van der Waals surface area contributed by atoms with Crippen molar-refractivity contribution in [3.8, 4) is 11.3 Å². The molecule has 3 aromatic rings. The van der Waals surface area contributed by atoms with Gasteiger partial charge in [0.25, 0.3) is 5.91 Å². The van der Waals surface area contributed by atoms with E-state index in [1.165, 1.54) is 23.2 Å². The summed E-state index contributed by atoms with van der Waals surface area (Å²) in [5.41, 5.74) is 12.1. The topological polar surface area (TPSA) is 186 Å². The number of amides is 3. The van der Waals surface area contributed by atoms with Crippen LogP contribution in [-0.4, -0.2) is 64.1 Å². The fourth-order valence-electron chi connectivity index (χ4n) is 4.42. The second kappa shape index (κ2) is 14.2. The molecule has 0 spiro atoms. The number of thiocarbonyl (C=S) groups is 1. The van der Waals surface area contributed by atoms with Gasteiger partial charge in [-0.25, -0.2) is 23.2 Å². The number of nitrogens with one attached hydrogen (secondary N) is 3. The zero-order valence-corrected chi connectivity index (χ0v) is 25.8. The van der Waals surface area contributed by atoms with Crippen molar-refractivity contribution in [3.05, 3.63) is 72.1 Å². The Labute approximate surface area is 260 Å². The first-order chi connectivity index (χ1) is 21.0. The summed E-state index contributed by atoms with van der Waals surface area (Å²) in [5, 5.41) is 1.70. The van der Waals surface area contributed by atoms with Crippen molar-refractivity contribution in [1.82, 2.24) is 31.0 Å². The highest BCUT2D eigenvalue weighted by atomic mass is 32.2. The summed E-state index contributed by atoms with van der Waals surface area (Å²) in [6.45, 7) is 3.63. The molecule has 2 heterocycles. The largest absolute Gasteiger partial charge is 0.445 e. The van der Waals surface area contributed by atoms with Crippen molar-refractivity contribution in [1.29, 1.82) is 0 Å². The number of rotatable bonds is 7. The highest BCUT2D eigenvalue weighted by molar-refractivity contribution is 7.92. The van der Waals surface area contributed by atoms with Crippen LogP contribution in [-0.2, 0) is 26.0 Å². The van der Waals surface area contributed by atoms with Crippen LogP contribution >= 0.6 is 12.2 Å². The standard InChI is InChI=1S/C29H33N7O6S2/c1-18(2)44(40,41)21-13-11-20(12-14-21)22-16-31-25(30)24(32-22)27(38)34-35-28(43)33-26(37)23-10-6-7-15-36(23)29(39)42-17-19-8-4-3-5-9-19/h3-5,8-9,11-14,16,18,23H,6-7,10,15,17H2,1-2H3,(H2,30,31)(H,34,38)(H2,33,35,37,43)/t23-/m0/s1. The molecule has 1 aliphatic rings. The Morgan fingerprint density at radius 2 is 1.77 bits per heavy atom. The predicted molar refractivity (Wildman–Crippen MR) is 167 cm³/mol. The predicted octanol–water partition coefficient (Wildman–Crippen LogP) is 2.73. The van der Waals surface area contributed by atoms with Crippen LogP contribution in [0.3, 0.4) is 0 Å². The molecule has 3 amide bonds. The number of likely N-dealkylation sites (tertiary alicyclic amines) is 1. The molecule has 13 nitrogen and oxygen atoms in total. The van der Waals surface area contributed by atoms with E-state index in [1.807, 2.05) is 30.3 Å². The Bertz CT molecular complexity index is 1630. The Morgan fingerprint density at radius 1 is 1.07 bits per heavy atom. The number of sulfone groups is 1. The first-order valence-corrected chi connectivity index (χ1v) is 15.8. The average molecular weight is 640 g/mol. The van der Waals surface area contributed by atoms with Crippen molar-refractivity contribution in [2.45, 2.75) is 55.9 Å². The van der Waals surface area contributed by atoms with Gasteiger partial charge < -0.3 is 10.5 Å². The third-order valence-corrected chi connectivity index (χ3v) is 9.26. The van der Waals surface area contributed by atoms with E-state index in [-0.39, 0.29) is 33.8 Å². The molecule has 232 valence electrons. The minimum Gasteiger partial charge on any atom is -0.445 e. The molecule has 4 rings (SSSR count). The summed E-state index contributed by atoms with van der Waals surface area (Å²) >= 11 is 5.17. The van der Waals surface area contributed by atoms with Crippen molar-refractivity contribution >= 4 is 50.9 Å². The molecular weight excluding hydrogens is 606 g/mol. The van der Waals surface area contributed by atoms with Crippen LogP contribution in [0.15, 0.2) is 65.7 Å². The van der Waals surface area contributed by atoms with Gasteiger partial charge in [-0.1, -0.05) is 42.5 Å². The van der Waals surface area contributed by atoms with Gasteiger partial charge in [0, 0.05) is 12.1 Å². The maximum atomic E-state index is 13.0. The number of piperidine rings is 1. The Kier molecular flexibility index (Phi) is 10.4. The van der Waals surface area contributed by atoms with Crippen LogP contribution in [0.2, 0.25) is 0 Å². The summed E-state index contributed by atoms with van der Waals surface area (Å²) in [6.07, 6.45) is 2.64. The molecule has 1 fully saturated rings. The SMILES string of the molecule is CC(C)S(=O)(=O)c1ccc(-c2cnc(N)c(C(=O)NNC(=S)NC(=O)[C@@H]3CCCCN3C(=O)OCc3ccccc3)n2)cc1. The molecule has 1 aliphatic heterocycles. The number of hydrazine groups is 1. The van der Waals surface area contributed by atoms with Crippen LogP contribution in [0, 0.1) is 0 Å². The van der Waals surface area contributed by atoms with Crippen LogP contribution in [0.4, 0.5) is 10.6 Å². The molecule has 2 aromatic carbocycles. The van der Waals surface area contributed by atoms with E-state index in [0.717, 1.165) is 18.4 Å². The van der Waals surface area contributed by atoms with E-state index in [9.17, 15) is 22.8 Å². The van der Waals surface area contributed by atoms with Gasteiger partial charge in [0.15, 0.2) is 26.5 Å². The van der Waals surface area contributed by atoms with Gasteiger partial charge in [0.2, 0.25) is 5.91 Å². The molecule has 0 unspecified atom stereocenters. The maximum Gasteiger partial charge on any atom is 0.410 e. The lowest BCUT2D eigenvalue weighted by molar-refractivity contribution is -0.125. The number of hydrogen-bond acceptors (Lipinski definition) is 10. The van der Waals surface area contributed by atoms with Gasteiger partial charge in [-0.05, 0) is 63.0 Å². The molecule has 0 saturated carbocycles. The van der Waals surface area contributed by atoms with Crippen LogP contribution in [0.1, 0.15) is 49.2 Å². The van der Waals surface area contributed by atoms with Crippen molar-refractivity contribution < 1.29 is 27.5 Å². The lowest BCUT2D eigenvalue weighted by Gasteiger charge is -2.33. The van der Waals surface area contributed by atoms with E-state index in [4.69, 9.17) is 22.7 Å². The zero-order valence-electron chi connectivity index (χ0n) is 24.1. The highest BCUT2D eigenvalue weighted by Crippen LogP contribution is 2.23. The van der Waals surface area contributed by atoms with E-state index in [0.29, 0.717) is 18.5 Å². The van der Waals surface area contributed by atoms with E-state index in [2.05, 4.69) is 26.1 Å². The summed E-state index contributed by atoms with van der Waals surface area (Å²) in [6, 6.07) is 14.5. The molecule has 1 aromatic heterocycles. The Morgan fingerprint density at radius 3 is 2.45 bits per heavy atom. The number of carbonyl (C=O) groups excluding carboxylic acids is 3. The lowest BCUT2D eigenvalue weighted by Crippen LogP contribution is -2.56. The Balaban J connectivity index is 1.34. The number of carbonyl (C=O) groups is 3. The fraction of sp³-hybridized carbons (Fsp3) is 0.310. The first-order valence-electron chi connectivity index (χ1n) is 13.8. The number of nitrogens with two attached hydrogens (primary N) is 1. The van der Waals surface area contributed by atoms with Gasteiger partial charge in [0.1, 0.15) is 12.6 Å². The third-order valence-electron chi connectivity index (χ3n) is 6.89. The first kappa shape index (κ1) is 32.3. The number of ether oxygens (including phenoxy) is 1. The smallest absolute Gasteiger partial charge is 0.410 e. The molecule has 5 N–H and O–H groups in total. The number of nitrogen functional groups attached to an aromatic ring is 1.